The average Bonchev–Trinajstić information content (AvgIpc) is 3.09. The molecule has 1 saturated heterocycles. The first kappa shape index (κ1) is 13.3. The molecule has 1 aromatic carbocycles. The predicted octanol–water partition coefficient (Wildman–Crippen LogP) is 2.16. The molecule has 1 saturated carbocycles. The number of rotatable bonds is 2. The first-order valence-electron chi connectivity index (χ1n) is 6.37. The molecule has 0 aromatic heterocycles. The number of imide groups is 2. The van der Waals surface area contributed by atoms with Gasteiger partial charge in [0, 0.05) is 10.0 Å². The van der Waals surface area contributed by atoms with E-state index in [1.165, 1.54) is 4.90 Å². The highest BCUT2D eigenvalue weighted by Gasteiger charge is 2.54. The normalized spacial score (nSPS) is 24.6. The van der Waals surface area contributed by atoms with Crippen molar-refractivity contribution in [2.75, 3.05) is 0 Å². The Bertz CT molecular complexity index is 625. The second-order valence-electron chi connectivity index (χ2n) is 5.42. The minimum absolute atomic E-state index is 0.439. The Kier molecular flexibility index (Phi) is 2.93. The molecule has 1 heterocycles. The van der Waals surface area contributed by atoms with Crippen LogP contribution in [0.4, 0.5) is 4.79 Å². The second-order valence-corrected chi connectivity index (χ2v) is 6.27. The van der Waals surface area contributed by atoms with E-state index in [1.54, 1.807) is 18.2 Å². The predicted molar refractivity (Wildman–Crippen MR) is 74.9 cm³/mol. The van der Waals surface area contributed by atoms with E-state index in [9.17, 15) is 14.4 Å². The first-order chi connectivity index (χ1) is 9.44. The number of barbiturate groups is 1. The first-order valence-corrected chi connectivity index (χ1v) is 7.17. The third-order valence-electron chi connectivity index (χ3n) is 3.89. The van der Waals surface area contributed by atoms with Gasteiger partial charge >= 0.3 is 6.03 Å². The summed E-state index contributed by atoms with van der Waals surface area (Å²) in [5.41, 5.74) is 0.137. The van der Waals surface area contributed by atoms with Crippen LogP contribution >= 0.6 is 15.9 Å². The molecule has 3 rings (SSSR count). The van der Waals surface area contributed by atoms with Gasteiger partial charge in [-0.3, -0.25) is 19.8 Å². The molecular weight excluding hydrogens is 324 g/mol. The summed E-state index contributed by atoms with van der Waals surface area (Å²) >= 11 is 3.35. The fraction of sp³-hybridized carbons (Fsp3) is 0.357. The van der Waals surface area contributed by atoms with Crippen LogP contribution in [-0.2, 0) is 9.59 Å². The summed E-state index contributed by atoms with van der Waals surface area (Å²) < 4.78 is 0.684. The van der Waals surface area contributed by atoms with Crippen LogP contribution in [0.25, 0.3) is 0 Å². The standard InChI is InChI=1S/C14H13BrN2O3/c1-14(6-7-14)17-12(19)10(11(18)16-13(17)20)8-4-2-3-5-9(8)15/h2-5,10H,6-7H2,1H3,(H,16,18,20). The molecule has 104 valence electrons. The molecule has 1 aliphatic heterocycles. The number of halogens is 1. The average molecular weight is 337 g/mol. The summed E-state index contributed by atoms with van der Waals surface area (Å²) in [4.78, 5) is 37.8. The molecule has 20 heavy (non-hydrogen) atoms. The molecular formula is C14H13BrN2O3. The molecule has 6 heteroatoms. The van der Waals surface area contributed by atoms with Gasteiger partial charge in [-0.25, -0.2) is 4.79 Å². The third-order valence-corrected chi connectivity index (χ3v) is 4.61. The lowest BCUT2D eigenvalue weighted by molar-refractivity contribution is -0.140. The van der Waals surface area contributed by atoms with Crippen molar-refractivity contribution in [2.45, 2.75) is 31.2 Å². The van der Waals surface area contributed by atoms with Gasteiger partial charge in [0.2, 0.25) is 11.8 Å². The Balaban J connectivity index is 2.02. The minimum atomic E-state index is -0.972. The van der Waals surface area contributed by atoms with Crippen molar-refractivity contribution in [2.24, 2.45) is 0 Å². The molecule has 1 aromatic rings. The Morgan fingerprint density at radius 1 is 1.25 bits per heavy atom. The number of benzene rings is 1. The van der Waals surface area contributed by atoms with Crippen molar-refractivity contribution >= 4 is 33.8 Å². The van der Waals surface area contributed by atoms with Crippen LogP contribution in [0.2, 0.25) is 0 Å². The molecule has 1 unspecified atom stereocenters. The van der Waals surface area contributed by atoms with E-state index in [0.717, 1.165) is 12.8 Å². The van der Waals surface area contributed by atoms with E-state index in [2.05, 4.69) is 21.2 Å². The lowest BCUT2D eigenvalue weighted by atomic mass is 9.94. The van der Waals surface area contributed by atoms with Gasteiger partial charge in [0.25, 0.3) is 0 Å². The van der Waals surface area contributed by atoms with E-state index in [4.69, 9.17) is 0 Å². The smallest absolute Gasteiger partial charge is 0.277 e. The Labute approximate surface area is 124 Å². The maximum atomic E-state index is 12.6. The fourth-order valence-electron chi connectivity index (χ4n) is 2.47. The molecule has 2 aliphatic rings. The van der Waals surface area contributed by atoms with Crippen molar-refractivity contribution in [1.82, 2.24) is 10.2 Å². The highest BCUT2D eigenvalue weighted by Crippen LogP contribution is 2.44. The van der Waals surface area contributed by atoms with Crippen LogP contribution in [-0.4, -0.2) is 28.3 Å². The largest absolute Gasteiger partial charge is 0.331 e. The van der Waals surface area contributed by atoms with Crippen molar-refractivity contribution in [1.29, 1.82) is 0 Å². The number of hydrogen-bond acceptors (Lipinski definition) is 3. The van der Waals surface area contributed by atoms with Gasteiger partial charge in [0.15, 0.2) is 0 Å². The summed E-state index contributed by atoms with van der Waals surface area (Å²) in [5.74, 6) is -1.97. The molecule has 2 fully saturated rings. The van der Waals surface area contributed by atoms with Crippen LogP contribution in [0.15, 0.2) is 28.7 Å². The van der Waals surface area contributed by atoms with E-state index in [-0.39, 0.29) is 0 Å². The maximum absolute atomic E-state index is 12.6. The summed E-state index contributed by atoms with van der Waals surface area (Å²) in [5, 5.41) is 2.29. The number of carbonyl (C=O) groups excluding carboxylic acids is 3. The van der Waals surface area contributed by atoms with Crippen molar-refractivity contribution in [3.8, 4) is 0 Å². The quantitative estimate of drug-likeness (QED) is 0.841. The molecule has 1 atom stereocenters. The van der Waals surface area contributed by atoms with Gasteiger partial charge < -0.3 is 0 Å². The molecule has 4 amide bonds. The summed E-state index contributed by atoms with van der Waals surface area (Å²) in [6.07, 6.45) is 1.56. The number of nitrogens with zero attached hydrogens (tertiary/aromatic N) is 1. The van der Waals surface area contributed by atoms with E-state index in [1.807, 2.05) is 13.0 Å². The zero-order valence-electron chi connectivity index (χ0n) is 10.9. The topological polar surface area (TPSA) is 66.5 Å². The Morgan fingerprint density at radius 2 is 1.90 bits per heavy atom. The molecule has 0 bridgehead atoms. The lowest BCUT2D eigenvalue weighted by Crippen LogP contribution is -2.60. The molecule has 5 nitrogen and oxygen atoms in total. The van der Waals surface area contributed by atoms with E-state index >= 15 is 0 Å². The van der Waals surface area contributed by atoms with Crippen LogP contribution in [0.3, 0.4) is 0 Å². The van der Waals surface area contributed by atoms with Crippen LogP contribution < -0.4 is 5.32 Å². The molecule has 0 spiro atoms. The summed E-state index contributed by atoms with van der Waals surface area (Å²) in [6, 6.07) is 6.46. The Morgan fingerprint density at radius 3 is 2.50 bits per heavy atom. The van der Waals surface area contributed by atoms with Gasteiger partial charge in [-0.05, 0) is 31.4 Å². The molecule has 1 N–H and O–H groups in total. The SMILES string of the molecule is CC1(N2C(=O)NC(=O)C(c3ccccc3Br)C2=O)CC1. The Hall–Kier alpha value is -1.69. The van der Waals surface area contributed by atoms with Gasteiger partial charge in [0.1, 0.15) is 5.92 Å². The zero-order valence-corrected chi connectivity index (χ0v) is 12.4. The van der Waals surface area contributed by atoms with Gasteiger partial charge in [-0.2, -0.15) is 0 Å². The fourth-order valence-corrected chi connectivity index (χ4v) is 2.99. The zero-order chi connectivity index (χ0) is 14.5. The van der Waals surface area contributed by atoms with E-state index < -0.39 is 29.3 Å². The monoisotopic (exact) mass is 336 g/mol. The highest BCUT2D eigenvalue weighted by molar-refractivity contribution is 9.10. The number of hydrogen-bond donors (Lipinski definition) is 1. The van der Waals surface area contributed by atoms with Crippen molar-refractivity contribution in [3.63, 3.8) is 0 Å². The summed E-state index contributed by atoms with van der Waals surface area (Å²) in [6.45, 7) is 1.86. The lowest BCUT2D eigenvalue weighted by Gasteiger charge is -2.34. The van der Waals surface area contributed by atoms with Crippen molar-refractivity contribution in [3.05, 3.63) is 34.3 Å². The van der Waals surface area contributed by atoms with Crippen molar-refractivity contribution < 1.29 is 14.4 Å². The highest BCUT2D eigenvalue weighted by atomic mass is 79.9. The second kappa shape index (κ2) is 4.41. The third kappa shape index (κ3) is 1.95. The number of amides is 4. The van der Waals surface area contributed by atoms with Gasteiger partial charge in [-0.1, -0.05) is 34.1 Å². The molecule has 0 radical (unpaired) electrons. The van der Waals surface area contributed by atoms with E-state index in [0.29, 0.717) is 10.0 Å². The maximum Gasteiger partial charge on any atom is 0.331 e. The summed E-state index contributed by atoms with van der Waals surface area (Å²) in [7, 11) is 0. The number of urea groups is 1. The van der Waals surface area contributed by atoms with Crippen LogP contribution in [0.5, 0.6) is 0 Å². The number of carbonyl (C=O) groups is 3. The molecule has 1 aliphatic carbocycles. The van der Waals surface area contributed by atoms with Crippen LogP contribution in [0.1, 0.15) is 31.2 Å². The minimum Gasteiger partial charge on any atom is -0.277 e. The van der Waals surface area contributed by atoms with Gasteiger partial charge in [-0.15, -0.1) is 0 Å². The number of nitrogens with one attached hydrogen (secondary N) is 1. The van der Waals surface area contributed by atoms with Gasteiger partial charge in [0.05, 0.1) is 0 Å². The van der Waals surface area contributed by atoms with Crippen LogP contribution in [0, 0.1) is 0 Å².